The number of rotatable bonds is 9. The Morgan fingerprint density at radius 1 is 1.29 bits per heavy atom. The van der Waals surface area contributed by atoms with Crippen LogP contribution in [-0.2, 0) is 11.3 Å². The Hall–Kier alpha value is -3.13. The average molecular weight is 384 g/mol. The first kappa shape index (κ1) is 19.6. The molecule has 0 aliphatic carbocycles. The summed E-state index contributed by atoms with van der Waals surface area (Å²) in [6, 6.07) is 9.16. The molecule has 0 bridgehead atoms. The summed E-state index contributed by atoms with van der Waals surface area (Å²) in [5, 5.41) is 11.0. The molecule has 3 aromatic rings. The van der Waals surface area contributed by atoms with Crippen molar-refractivity contribution in [1.82, 2.24) is 15.1 Å². The Labute approximate surface area is 163 Å². The lowest BCUT2D eigenvalue weighted by molar-refractivity contribution is -0.117. The van der Waals surface area contributed by atoms with Gasteiger partial charge in [0, 0.05) is 0 Å². The van der Waals surface area contributed by atoms with Gasteiger partial charge in [-0.05, 0) is 49.7 Å². The molecule has 0 radical (unpaired) electrons. The van der Waals surface area contributed by atoms with Gasteiger partial charge in [-0.2, -0.15) is 0 Å². The summed E-state index contributed by atoms with van der Waals surface area (Å²) in [5.74, 6) is 1.76. The number of amides is 1. The number of nitrogens with one attached hydrogen (secondary N) is 1. The van der Waals surface area contributed by atoms with E-state index in [9.17, 15) is 4.79 Å². The van der Waals surface area contributed by atoms with Gasteiger partial charge in [0.25, 0.3) is 5.89 Å². The van der Waals surface area contributed by atoms with Gasteiger partial charge in [0.1, 0.15) is 5.75 Å². The van der Waals surface area contributed by atoms with Crippen LogP contribution in [0, 0.1) is 6.92 Å². The molecule has 8 nitrogen and oxygen atoms in total. The molecule has 0 saturated carbocycles. The summed E-state index contributed by atoms with van der Waals surface area (Å²) < 4.78 is 16.2. The molecule has 2 aromatic heterocycles. The number of anilines is 1. The van der Waals surface area contributed by atoms with Crippen molar-refractivity contribution < 1.29 is 18.4 Å². The highest BCUT2D eigenvalue weighted by Gasteiger charge is 2.17. The first-order valence-electron chi connectivity index (χ1n) is 9.12. The Kier molecular flexibility index (Phi) is 6.44. The molecular formula is C20H24N4O4. The van der Waals surface area contributed by atoms with E-state index in [2.05, 4.69) is 22.4 Å². The number of methoxy groups -OCH3 is 1. The van der Waals surface area contributed by atoms with Crippen LogP contribution >= 0.6 is 0 Å². The fraction of sp³-hybridized carbons (Fsp3) is 0.350. The van der Waals surface area contributed by atoms with Crippen LogP contribution in [0.2, 0.25) is 0 Å². The topological polar surface area (TPSA) is 93.6 Å². The quantitative estimate of drug-likeness (QED) is 0.603. The minimum Gasteiger partial charge on any atom is -0.495 e. The molecule has 8 heteroatoms. The molecule has 0 aliphatic heterocycles. The third-order valence-electron chi connectivity index (χ3n) is 4.09. The Balaban J connectivity index is 1.64. The lowest BCUT2D eigenvalue weighted by Crippen LogP contribution is -2.33. The monoisotopic (exact) mass is 384 g/mol. The molecule has 0 spiro atoms. The predicted octanol–water partition coefficient (Wildman–Crippen LogP) is 3.50. The van der Waals surface area contributed by atoms with E-state index < -0.39 is 0 Å². The summed E-state index contributed by atoms with van der Waals surface area (Å²) in [7, 11) is 1.58. The van der Waals surface area contributed by atoms with E-state index in [-0.39, 0.29) is 12.5 Å². The average Bonchev–Trinajstić information content (AvgIpc) is 3.33. The number of hydrogen-bond acceptors (Lipinski definition) is 7. The van der Waals surface area contributed by atoms with Gasteiger partial charge in [0.05, 0.1) is 32.1 Å². The van der Waals surface area contributed by atoms with Gasteiger partial charge >= 0.3 is 0 Å². The number of ether oxygens (including phenoxy) is 1. The Morgan fingerprint density at radius 3 is 2.86 bits per heavy atom. The zero-order valence-electron chi connectivity index (χ0n) is 16.3. The van der Waals surface area contributed by atoms with Crippen LogP contribution in [0.3, 0.4) is 0 Å². The number of carbonyl (C=O) groups is 1. The third kappa shape index (κ3) is 4.98. The molecule has 0 unspecified atom stereocenters. The van der Waals surface area contributed by atoms with Crippen molar-refractivity contribution in [2.24, 2.45) is 0 Å². The van der Waals surface area contributed by atoms with E-state index in [4.69, 9.17) is 13.6 Å². The second kappa shape index (κ2) is 9.18. The molecule has 148 valence electrons. The van der Waals surface area contributed by atoms with Crippen LogP contribution in [-0.4, -0.2) is 41.2 Å². The minimum atomic E-state index is -0.136. The van der Waals surface area contributed by atoms with Crippen molar-refractivity contribution in [3.05, 3.63) is 48.0 Å². The summed E-state index contributed by atoms with van der Waals surface area (Å²) in [6.45, 7) is 5.31. The van der Waals surface area contributed by atoms with Gasteiger partial charge in [-0.15, -0.1) is 10.2 Å². The molecule has 1 N–H and O–H groups in total. The first-order chi connectivity index (χ1) is 13.6. The number of nitrogens with zero attached hydrogens (tertiary/aromatic N) is 3. The number of benzene rings is 1. The molecule has 1 aromatic carbocycles. The second-order valence-electron chi connectivity index (χ2n) is 6.44. The maximum atomic E-state index is 12.6. The Bertz CT molecular complexity index is 905. The summed E-state index contributed by atoms with van der Waals surface area (Å²) in [4.78, 5) is 14.5. The van der Waals surface area contributed by atoms with Crippen LogP contribution in [0.5, 0.6) is 5.75 Å². The number of hydrogen-bond donors (Lipinski definition) is 1. The standard InChI is InChI=1S/C20H24N4O4/c1-4-9-24(13-19-22-23-20(28-19)17-6-5-10-27-17)12-18(25)21-15-11-14(2)7-8-16(15)26-3/h5-8,10-11H,4,9,12-13H2,1-3H3,(H,21,25). The van der Waals surface area contributed by atoms with Crippen molar-refractivity contribution in [2.75, 3.05) is 25.5 Å². The molecule has 3 rings (SSSR count). The Morgan fingerprint density at radius 2 is 2.14 bits per heavy atom. The van der Waals surface area contributed by atoms with E-state index in [1.807, 2.05) is 30.0 Å². The zero-order valence-corrected chi connectivity index (χ0v) is 16.3. The molecular weight excluding hydrogens is 360 g/mol. The molecule has 0 saturated heterocycles. The van der Waals surface area contributed by atoms with Crippen molar-refractivity contribution in [3.8, 4) is 17.4 Å². The van der Waals surface area contributed by atoms with Crippen LogP contribution in [0.15, 0.2) is 45.4 Å². The molecule has 1 amide bonds. The van der Waals surface area contributed by atoms with Crippen LogP contribution in [0.25, 0.3) is 11.7 Å². The lowest BCUT2D eigenvalue weighted by Gasteiger charge is -2.19. The fourth-order valence-corrected chi connectivity index (χ4v) is 2.85. The van der Waals surface area contributed by atoms with E-state index in [1.165, 1.54) is 0 Å². The van der Waals surface area contributed by atoms with E-state index in [0.29, 0.717) is 35.5 Å². The van der Waals surface area contributed by atoms with Crippen molar-refractivity contribution in [2.45, 2.75) is 26.8 Å². The van der Waals surface area contributed by atoms with Gasteiger partial charge in [0.15, 0.2) is 5.76 Å². The van der Waals surface area contributed by atoms with Crippen LogP contribution in [0.1, 0.15) is 24.8 Å². The normalized spacial score (nSPS) is 11.0. The van der Waals surface area contributed by atoms with E-state index in [0.717, 1.165) is 18.5 Å². The van der Waals surface area contributed by atoms with Crippen LogP contribution in [0.4, 0.5) is 5.69 Å². The zero-order chi connectivity index (χ0) is 19.9. The summed E-state index contributed by atoms with van der Waals surface area (Å²) in [6.07, 6.45) is 2.44. The molecule has 0 fully saturated rings. The number of carbonyl (C=O) groups excluding carboxylic acids is 1. The van der Waals surface area contributed by atoms with E-state index in [1.54, 1.807) is 25.5 Å². The maximum Gasteiger partial charge on any atom is 0.283 e. The highest BCUT2D eigenvalue weighted by molar-refractivity contribution is 5.93. The first-order valence-corrected chi connectivity index (χ1v) is 9.12. The largest absolute Gasteiger partial charge is 0.495 e. The highest BCUT2D eigenvalue weighted by atomic mass is 16.5. The summed E-state index contributed by atoms with van der Waals surface area (Å²) >= 11 is 0. The third-order valence-corrected chi connectivity index (χ3v) is 4.09. The van der Waals surface area contributed by atoms with Gasteiger partial charge in [-0.3, -0.25) is 9.69 Å². The molecule has 28 heavy (non-hydrogen) atoms. The van der Waals surface area contributed by atoms with Gasteiger partial charge in [-0.25, -0.2) is 0 Å². The number of aryl methyl sites for hydroxylation is 1. The van der Waals surface area contributed by atoms with Crippen LogP contribution < -0.4 is 10.1 Å². The number of furan rings is 1. The molecule has 0 atom stereocenters. The van der Waals surface area contributed by atoms with Gasteiger partial charge in [0.2, 0.25) is 11.8 Å². The predicted molar refractivity (Wildman–Crippen MR) is 104 cm³/mol. The summed E-state index contributed by atoms with van der Waals surface area (Å²) in [5.41, 5.74) is 1.69. The highest BCUT2D eigenvalue weighted by Crippen LogP contribution is 2.25. The molecule has 2 heterocycles. The van der Waals surface area contributed by atoms with Crippen molar-refractivity contribution in [3.63, 3.8) is 0 Å². The second-order valence-corrected chi connectivity index (χ2v) is 6.44. The van der Waals surface area contributed by atoms with Crippen molar-refractivity contribution >= 4 is 11.6 Å². The van der Waals surface area contributed by atoms with E-state index >= 15 is 0 Å². The van der Waals surface area contributed by atoms with Crippen molar-refractivity contribution in [1.29, 1.82) is 0 Å². The number of aromatic nitrogens is 2. The van der Waals surface area contributed by atoms with Gasteiger partial charge in [-0.1, -0.05) is 13.0 Å². The fourth-order valence-electron chi connectivity index (χ4n) is 2.85. The minimum absolute atomic E-state index is 0.136. The molecule has 0 aliphatic rings. The van der Waals surface area contributed by atoms with Gasteiger partial charge < -0.3 is 18.9 Å². The maximum absolute atomic E-state index is 12.6. The SMILES string of the molecule is CCCN(CC(=O)Nc1cc(C)ccc1OC)Cc1nnc(-c2ccco2)o1. The smallest absolute Gasteiger partial charge is 0.283 e. The lowest BCUT2D eigenvalue weighted by atomic mass is 10.2.